The van der Waals surface area contributed by atoms with Crippen LogP contribution < -0.4 is 0 Å². The van der Waals surface area contributed by atoms with Crippen molar-refractivity contribution >= 4 is 5.91 Å². The second-order valence-electron chi connectivity index (χ2n) is 5.77. The number of fused-ring (bicyclic) bond motifs is 2. The Hall–Kier alpha value is -0.830. The summed E-state index contributed by atoms with van der Waals surface area (Å²) in [4.78, 5) is 16.9. The Balaban J connectivity index is 1.96. The number of amides is 1. The minimum atomic E-state index is 0.382. The maximum atomic E-state index is 12.1. The van der Waals surface area contributed by atoms with Crippen LogP contribution in [0.25, 0.3) is 0 Å². The molecule has 2 heterocycles. The molecule has 2 fully saturated rings. The van der Waals surface area contributed by atoms with E-state index in [1.807, 2.05) is 0 Å². The van der Waals surface area contributed by atoms with Gasteiger partial charge < -0.3 is 4.90 Å². The third kappa shape index (κ3) is 2.77. The average Bonchev–Trinajstić information content (AvgIpc) is 2.61. The summed E-state index contributed by atoms with van der Waals surface area (Å²) in [5.74, 6) is 0.382. The molecule has 1 amide bonds. The molecule has 0 saturated carbocycles. The van der Waals surface area contributed by atoms with E-state index < -0.39 is 0 Å². The zero-order chi connectivity index (χ0) is 13.1. The molecular weight excluding hydrogens is 224 g/mol. The number of allylic oxidation sites excluding steroid dienone is 1. The summed E-state index contributed by atoms with van der Waals surface area (Å²) in [6.45, 7) is 9.58. The predicted molar refractivity (Wildman–Crippen MR) is 74.4 cm³/mol. The van der Waals surface area contributed by atoms with Crippen LogP contribution in [0.15, 0.2) is 11.6 Å². The summed E-state index contributed by atoms with van der Waals surface area (Å²) in [5.41, 5.74) is 1.43. The Labute approximate surface area is 111 Å². The van der Waals surface area contributed by atoms with E-state index in [-0.39, 0.29) is 0 Å². The van der Waals surface area contributed by atoms with Gasteiger partial charge in [-0.25, -0.2) is 0 Å². The summed E-state index contributed by atoms with van der Waals surface area (Å²) in [5, 5.41) is 0. The van der Waals surface area contributed by atoms with E-state index in [1.54, 1.807) is 0 Å². The Bertz CT molecular complexity index is 323. The van der Waals surface area contributed by atoms with Gasteiger partial charge in [-0.2, -0.15) is 0 Å². The minimum absolute atomic E-state index is 0.382. The first-order valence-corrected chi connectivity index (χ1v) is 7.31. The molecule has 0 aromatic rings. The summed E-state index contributed by atoms with van der Waals surface area (Å²) < 4.78 is 0. The van der Waals surface area contributed by atoms with Gasteiger partial charge in [0.2, 0.25) is 5.91 Å². The van der Waals surface area contributed by atoms with Crippen LogP contribution in [-0.4, -0.2) is 47.4 Å². The van der Waals surface area contributed by atoms with Crippen molar-refractivity contribution in [2.45, 2.75) is 58.5 Å². The van der Waals surface area contributed by atoms with E-state index in [2.05, 4.69) is 36.6 Å². The molecule has 0 aromatic heterocycles. The molecular formula is C15H26N2O. The maximum absolute atomic E-state index is 12.1. The minimum Gasteiger partial charge on any atom is -0.334 e. The number of carbonyl (C=O) groups is 1. The van der Waals surface area contributed by atoms with Crippen molar-refractivity contribution in [1.82, 2.24) is 9.80 Å². The highest BCUT2D eigenvalue weighted by Crippen LogP contribution is 2.31. The van der Waals surface area contributed by atoms with E-state index in [1.165, 1.54) is 18.4 Å². The normalized spacial score (nSPS) is 28.8. The topological polar surface area (TPSA) is 23.6 Å². The van der Waals surface area contributed by atoms with Crippen molar-refractivity contribution in [3.8, 4) is 0 Å². The van der Waals surface area contributed by atoms with Crippen LogP contribution >= 0.6 is 0 Å². The molecule has 3 nitrogen and oxygen atoms in total. The van der Waals surface area contributed by atoms with Gasteiger partial charge in [0.15, 0.2) is 0 Å². The Morgan fingerprint density at radius 2 is 1.89 bits per heavy atom. The Morgan fingerprint density at radius 1 is 1.28 bits per heavy atom. The standard InChI is InChI=1S/C15H26N2O/c1-4-6-15(18)17-13-7-8-14(17)11-16(10-13)9-12(3)5-2/h5,13-14H,4,6-11H2,1-3H3. The second-order valence-corrected chi connectivity index (χ2v) is 5.77. The molecule has 2 bridgehead atoms. The van der Waals surface area contributed by atoms with Crippen LogP contribution in [0.4, 0.5) is 0 Å². The van der Waals surface area contributed by atoms with Crippen LogP contribution in [0, 0.1) is 0 Å². The molecule has 102 valence electrons. The van der Waals surface area contributed by atoms with Gasteiger partial charge >= 0.3 is 0 Å². The molecule has 18 heavy (non-hydrogen) atoms. The Kier molecular flexibility index (Phi) is 4.44. The molecule has 2 saturated heterocycles. The number of hydrogen-bond donors (Lipinski definition) is 0. The largest absolute Gasteiger partial charge is 0.334 e. The van der Waals surface area contributed by atoms with Crippen molar-refractivity contribution in [3.05, 3.63) is 11.6 Å². The highest BCUT2D eigenvalue weighted by Gasteiger charge is 2.41. The van der Waals surface area contributed by atoms with Gasteiger partial charge in [0.25, 0.3) is 0 Å². The van der Waals surface area contributed by atoms with Crippen molar-refractivity contribution in [3.63, 3.8) is 0 Å². The maximum Gasteiger partial charge on any atom is 0.223 e. The third-order valence-electron chi connectivity index (χ3n) is 4.28. The van der Waals surface area contributed by atoms with Gasteiger partial charge in [0, 0.05) is 38.1 Å². The van der Waals surface area contributed by atoms with E-state index in [0.29, 0.717) is 18.0 Å². The van der Waals surface area contributed by atoms with Crippen LogP contribution in [-0.2, 0) is 4.79 Å². The summed E-state index contributed by atoms with van der Waals surface area (Å²) in [6, 6.07) is 0.958. The number of rotatable bonds is 4. The first-order chi connectivity index (χ1) is 8.65. The highest BCUT2D eigenvalue weighted by molar-refractivity contribution is 5.77. The lowest BCUT2D eigenvalue weighted by Crippen LogP contribution is -2.55. The number of piperazine rings is 1. The van der Waals surface area contributed by atoms with Gasteiger partial charge in [0.05, 0.1) is 0 Å². The van der Waals surface area contributed by atoms with Gasteiger partial charge in [-0.3, -0.25) is 9.69 Å². The van der Waals surface area contributed by atoms with Crippen molar-refractivity contribution in [1.29, 1.82) is 0 Å². The molecule has 0 N–H and O–H groups in total. The first kappa shape index (κ1) is 13.6. The lowest BCUT2D eigenvalue weighted by Gasteiger charge is -2.41. The fourth-order valence-electron chi connectivity index (χ4n) is 3.31. The molecule has 2 aliphatic heterocycles. The fourth-order valence-corrected chi connectivity index (χ4v) is 3.31. The highest BCUT2D eigenvalue weighted by atomic mass is 16.2. The van der Waals surface area contributed by atoms with Crippen LogP contribution in [0.2, 0.25) is 0 Å². The molecule has 2 atom stereocenters. The summed E-state index contributed by atoms with van der Waals surface area (Å²) >= 11 is 0. The molecule has 0 radical (unpaired) electrons. The Morgan fingerprint density at radius 3 is 2.39 bits per heavy atom. The van der Waals surface area contributed by atoms with Crippen LogP contribution in [0.3, 0.4) is 0 Å². The molecule has 3 heteroatoms. The van der Waals surface area contributed by atoms with Gasteiger partial charge in [-0.1, -0.05) is 18.6 Å². The average molecular weight is 250 g/mol. The van der Waals surface area contributed by atoms with Gasteiger partial charge in [-0.15, -0.1) is 0 Å². The SMILES string of the molecule is CC=C(C)CN1CC2CCC(C1)N2C(=O)CCC. The lowest BCUT2D eigenvalue weighted by atomic mass is 10.1. The van der Waals surface area contributed by atoms with E-state index >= 15 is 0 Å². The van der Waals surface area contributed by atoms with E-state index in [4.69, 9.17) is 0 Å². The molecule has 2 unspecified atom stereocenters. The molecule has 0 aliphatic carbocycles. The number of likely N-dealkylation sites (tertiary alicyclic amines) is 1. The molecule has 2 rings (SSSR count). The van der Waals surface area contributed by atoms with Gasteiger partial charge in [0.1, 0.15) is 0 Å². The molecule has 0 spiro atoms. The summed E-state index contributed by atoms with van der Waals surface area (Å²) in [6.07, 6.45) is 6.28. The zero-order valence-corrected chi connectivity index (χ0v) is 12.0. The van der Waals surface area contributed by atoms with E-state index in [9.17, 15) is 4.79 Å². The number of hydrogen-bond acceptors (Lipinski definition) is 2. The zero-order valence-electron chi connectivity index (χ0n) is 12.0. The van der Waals surface area contributed by atoms with Crippen molar-refractivity contribution in [2.24, 2.45) is 0 Å². The van der Waals surface area contributed by atoms with Gasteiger partial charge in [-0.05, 0) is 33.1 Å². The number of carbonyl (C=O) groups excluding carboxylic acids is 1. The van der Waals surface area contributed by atoms with Crippen molar-refractivity contribution in [2.75, 3.05) is 19.6 Å². The fraction of sp³-hybridized carbons (Fsp3) is 0.800. The predicted octanol–water partition coefficient (Wildman–Crippen LogP) is 2.43. The second kappa shape index (κ2) is 5.87. The van der Waals surface area contributed by atoms with Crippen LogP contribution in [0.1, 0.15) is 46.5 Å². The molecule has 2 aliphatic rings. The quantitative estimate of drug-likeness (QED) is 0.715. The van der Waals surface area contributed by atoms with Crippen LogP contribution in [0.5, 0.6) is 0 Å². The third-order valence-corrected chi connectivity index (χ3v) is 4.28. The number of nitrogens with zero attached hydrogens (tertiary/aromatic N) is 2. The first-order valence-electron chi connectivity index (χ1n) is 7.31. The van der Waals surface area contributed by atoms with E-state index in [0.717, 1.165) is 32.5 Å². The smallest absolute Gasteiger partial charge is 0.223 e. The summed E-state index contributed by atoms with van der Waals surface area (Å²) in [7, 11) is 0. The molecule has 0 aromatic carbocycles. The monoisotopic (exact) mass is 250 g/mol. The van der Waals surface area contributed by atoms with Crippen molar-refractivity contribution < 1.29 is 4.79 Å². The lowest BCUT2D eigenvalue weighted by molar-refractivity contribution is -0.136.